The number of halogens is 5. The zero-order valence-electron chi connectivity index (χ0n) is 23.5. The van der Waals surface area contributed by atoms with Gasteiger partial charge in [-0.2, -0.15) is 18.3 Å². The molecule has 4 rings (SSSR count). The van der Waals surface area contributed by atoms with Gasteiger partial charge in [0, 0.05) is 48.8 Å². The van der Waals surface area contributed by atoms with E-state index >= 15 is 0 Å². The zero-order chi connectivity index (χ0) is 31.1. The van der Waals surface area contributed by atoms with Crippen LogP contribution in [0.1, 0.15) is 51.3 Å². The quantitative estimate of drug-likeness (QED) is 0.176. The molecule has 0 aromatic heterocycles. The van der Waals surface area contributed by atoms with Gasteiger partial charge in [0.05, 0.1) is 28.1 Å². The van der Waals surface area contributed by atoms with E-state index in [9.17, 15) is 22.8 Å². The molecule has 3 N–H and O–H groups in total. The van der Waals surface area contributed by atoms with Crippen molar-refractivity contribution in [2.24, 2.45) is 5.10 Å². The molecule has 1 fully saturated rings. The number of rotatable bonds is 10. The second-order valence-corrected chi connectivity index (χ2v) is 11.2. The lowest BCUT2D eigenvalue weighted by atomic mass is 10.1. The topological polar surface area (TPSA) is 89.1 Å². The summed E-state index contributed by atoms with van der Waals surface area (Å²) in [4.78, 5) is 25.9. The fourth-order valence-corrected chi connectivity index (χ4v) is 5.28. The summed E-state index contributed by atoms with van der Waals surface area (Å²) < 4.78 is 40.0. The standard InChI is InChI=1S/C30H31BrClF3N6O2/c1-3-40-17-23(18-41(40)4-2)36-15-19-5-8-21(9-6-19)28(42)38-27-12-10-22(31)14-24(27)29(43)39-37-16-20-7-11-26(32)25(13-20)30(33,34)35/h5-14,16,23,36H,3-4,15,17-18H2,1-2H3,(H,38,42)(H,39,43). The van der Waals surface area contributed by atoms with Crippen molar-refractivity contribution in [2.45, 2.75) is 32.6 Å². The van der Waals surface area contributed by atoms with Crippen LogP contribution in [0.3, 0.4) is 0 Å². The molecule has 3 aromatic carbocycles. The molecule has 3 aromatic rings. The molecule has 0 aliphatic carbocycles. The van der Waals surface area contributed by atoms with E-state index in [2.05, 4.69) is 61.0 Å². The van der Waals surface area contributed by atoms with Crippen molar-refractivity contribution in [1.82, 2.24) is 20.8 Å². The second-order valence-electron chi connectivity index (χ2n) is 9.87. The van der Waals surface area contributed by atoms with Crippen molar-refractivity contribution in [3.63, 3.8) is 0 Å². The summed E-state index contributed by atoms with van der Waals surface area (Å²) in [6.45, 7) is 8.83. The molecule has 43 heavy (non-hydrogen) atoms. The fourth-order valence-electron chi connectivity index (χ4n) is 4.69. The van der Waals surface area contributed by atoms with Crippen molar-refractivity contribution in [3.8, 4) is 0 Å². The summed E-state index contributed by atoms with van der Waals surface area (Å²) in [5.74, 6) is -1.08. The fraction of sp³-hybridized carbons (Fsp3) is 0.300. The molecular weight excluding hydrogens is 649 g/mol. The first kappa shape index (κ1) is 32.6. The monoisotopic (exact) mass is 678 g/mol. The second kappa shape index (κ2) is 14.5. The Morgan fingerprint density at radius 3 is 2.30 bits per heavy atom. The molecule has 0 bridgehead atoms. The number of hydrazine groups is 1. The predicted molar refractivity (Wildman–Crippen MR) is 165 cm³/mol. The highest BCUT2D eigenvalue weighted by molar-refractivity contribution is 9.10. The summed E-state index contributed by atoms with van der Waals surface area (Å²) in [5.41, 5.74) is 3.16. The number of benzene rings is 3. The Morgan fingerprint density at radius 2 is 1.67 bits per heavy atom. The predicted octanol–water partition coefficient (Wildman–Crippen LogP) is 6.17. The number of hydrogen-bond donors (Lipinski definition) is 3. The third-order valence-corrected chi connectivity index (χ3v) is 7.78. The Bertz CT molecular complexity index is 1470. The molecule has 1 aliphatic heterocycles. The van der Waals surface area contributed by atoms with E-state index in [-0.39, 0.29) is 16.8 Å². The van der Waals surface area contributed by atoms with Gasteiger partial charge in [-0.1, -0.05) is 59.6 Å². The summed E-state index contributed by atoms with van der Waals surface area (Å²) >= 11 is 8.96. The summed E-state index contributed by atoms with van der Waals surface area (Å²) in [5, 5.41) is 14.3. The van der Waals surface area contributed by atoms with Crippen molar-refractivity contribution >= 4 is 51.2 Å². The first-order valence-corrected chi connectivity index (χ1v) is 14.8. The van der Waals surface area contributed by atoms with E-state index in [1.54, 1.807) is 24.3 Å². The van der Waals surface area contributed by atoms with Gasteiger partial charge in [-0.25, -0.2) is 15.4 Å². The first-order chi connectivity index (χ1) is 20.5. The summed E-state index contributed by atoms with van der Waals surface area (Å²) in [6.07, 6.45) is -3.56. The Labute approximate surface area is 261 Å². The van der Waals surface area contributed by atoms with Crippen LogP contribution >= 0.6 is 27.5 Å². The molecule has 0 unspecified atom stereocenters. The van der Waals surface area contributed by atoms with Gasteiger partial charge in [-0.15, -0.1) is 0 Å². The van der Waals surface area contributed by atoms with Crippen LogP contribution < -0.4 is 16.1 Å². The van der Waals surface area contributed by atoms with Crippen molar-refractivity contribution in [1.29, 1.82) is 0 Å². The lowest BCUT2D eigenvalue weighted by molar-refractivity contribution is -0.137. The molecule has 1 aliphatic rings. The highest BCUT2D eigenvalue weighted by Crippen LogP contribution is 2.34. The van der Waals surface area contributed by atoms with E-state index in [1.165, 1.54) is 12.1 Å². The van der Waals surface area contributed by atoms with Crippen LogP contribution in [0.25, 0.3) is 0 Å². The lowest BCUT2D eigenvalue weighted by Gasteiger charge is -2.24. The van der Waals surface area contributed by atoms with Crippen molar-refractivity contribution < 1.29 is 22.8 Å². The molecule has 8 nitrogen and oxygen atoms in total. The minimum Gasteiger partial charge on any atom is -0.321 e. The van der Waals surface area contributed by atoms with Gasteiger partial charge >= 0.3 is 6.18 Å². The number of alkyl halides is 3. The smallest absolute Gasteiger partial charge is 0.321 e. The number of hydrazone groups is 1. The van der Waals surface area contributed by atoms with Gasteiger partial charge in [0.2, 0.25) is 0 Å². The Kier molecular flexibility index (Phi) is 11.0. The van der Waals surface area contributed by atoms with Crippen molar-refractivity contribution in [3.05, 3.63) is 98.0 Å². The van der Waals surface area contributed by atoms with E-state index in [0.29, 0.717) is 22.6 Å². The Balaban J connectivity index is 1.37. The highest BCUT2D eigenvalue weighted by atomic mass is 79.9. The van der Waals surface area contributed by atoms with Crippen LogP contribution in [0.4, 0.5) is 18.9 Å². The minimum atomic E-state index is -4.63. The molecule has 1 heterocycles. The van der Waals surface area contributed by atoms with Gasteiger partial charge in [0.25, 0.3) is 11.8 Å². The molecular formula is C30H31BrClF3N6O2. The molecule has 2 amide bonds. The van der Waals surface area contributed by atoms with Gasteiger partial charge in [-0.05, 0) is 53.6 Å². The van der Waals surface area contributed by atoms with Crippen molar-refractivity contribution in [2.75, 3.05) is 31.5 Å². The van der Waals surface area contributed by atoms with E-state index in [4.69, 9.17) is 11.6 Å². The van der Waals surface area contributed by atoms with Crippen LogP contribution in [0.15, 0.2) is 70.2 Å². The number of likely N-dealkylation sites (N-methyl/N-ethyl adjacent to an activating group) is 2. The third-order valence-electron chi connectivity index (χ3n) is 6.95. The summed E-state index contributed by atoms with van der Waals surface area (Å²) in [6, 6.07) is 15.6. The van der Waals surface area contributed by atoms with Crippen LogP contribution in [-0.4, -0.2) is 60.3 Å². The first-order valence-electron chi connectivity index (χ1n) is 13.6. The van der Waals surface area contributed by atoms with Crippen LogP contribution in [0, 0.1) is 0 Å². The number of nitrogens with one attached hydrogen (secondary N) is 3. The van der Waals surface area contributed by atoms with E-state index < -0.39 is 28.6 Å². The number of hydrogen-bond acceptors (Lipinski definition) is 6. The lowest BCUT2D eigenvalue weighted by Crippen LogP contribution is -2.35. The maximum atomic E-state index is 13.1. The maximum absolute atomic E-state index is 13.1. The molecule has 0 atom stereocenters. The van der Waals surface area contributed by atoms with Gasteiger partial charge < -0.3 is 10.6 Å². The number of anilines is 1. The zero-order valence-corrected chi connectivity index (χ0v) is 25.9. The normalized spacial score (nSPS) is 14.9. The summed E-state index contributed by atoms with van der Waals surface area (Å²) in [7, 11) is 0. The Morgan fingerprint density at radius 1 is 1.00 bits per heavy atom. The molecule has 13 heteroatoms. The van der Waals surface area contributed by atoms with Gasteiger partial charge in [0.15, 0.2) is 0 Å². The third kappa shape index (κ3) is 8.64. The van der Waals surface area contributed by atoms with Crippen LogP contribution in [0.5, 0.6) is 0 Å². The molecule has 0 saturated carbocycles. The average Bonchev–Trinajstić information content (AvgIpc) is 3.40. The highest BCUT2D eigenvalue weighted by Gasteiger charge is 2.33. The molecule has 228 valence electrons. The number of carbonyl (C=O) groups excluding carboxylic acids is 2. The SMILES string of the molecule is CCN1CC(NCc2ccc(C(=O)Nc3ccc(Br)cc3C(=O)NN=Cc3ccc(Cl)c(C(F)(F)F)c3)cc2)CN1CC. The molecule has 1 saturated heterocycles. The molecule has 0 radical (unpaired) electrons. The van der Waals surface area contributed by atoms with E-state index in [0.717, 1.165) is 50.1 Å². The average molecular weight is 680 g/mol. The Hall–Kier alpha value is -3.29. The maximum Gasteiger partial charge on any atom is 0.417 e. The van der Waals surface area contributed by atoms with Crippen LogP contribution in [-0.2, 0) is 12.7 Å². The van der Waals surface area contributed by atoms with Gasteiger partial charge in [-0.3, -0.25) is 9.59 Å². The number of amides is 2. The number of carbonyl (C=O) groups is 2. The van der Waals surface area contributed by atoms with Gasteiger partial charge in [0.1, 0.15) is 0 Å². The van der Waals surface area contributed by atoms with E-state index in [1.807, 2.05) is 12.1 Å². The van der Waals surface area contributed by atoms with Crippen LogP contribution in [0.2, 0.25) is 5.02 Å². The minimum absolute atomic E-state index is 0.0903. The largest absolute Gasteiger partial charge is 0.417 e. The number of nitrogens with zero attached hydrogens (tertiary/aromatic N) is 3. The molecule has 0 spiro atoms.